The lowest BCUT2D eigenvalue weighted by atomic mass is 9.86. The molecule has 2 unspecified atom stereocenters. The van der Waals surface area contributed by atoms with Crippen molar-refractivity contribution in [2.45, 2.75) is 51.2 Å². The number of aryl methyl sites for hydroxylation is 1. The largest absolute Gasteiger partial charge is 0.396 e. The summed E-state index contributed by atoms with van der Waals surface area (Å²) in [4.78, 5) is 12.2. The third-order valence-electron chi connectivity index (χ3n) is 4.69. The molecule has 0 aliphatic heterocycles. The summed E-state index contributed by atoms with van der Waals surface area (Å²) in [6.07, 6.45) is -2.82. The first-order valence-electron chi connectivity index (χ1n) is 8.06. The monoisotopic (exact) mass is 344 g/mol. The molecule has 134 valence electrons. The van der Waals surface area contributed by atoms with Gasteiger partial charge in [-0.05, 0) is 30.9 Å². The summed E-state index contributed by atoms with van der Waals surface area (Å²) in [5, 5.41) is 15.0. The van der Waals surface area contributed by atoms with Gasteiger partial charge < -0.3 is 15.7 Å². The van der Waals surface area contributed by atoms with E-state index >= 15 is 0 Å². The van der Waals surface area contributed by atoms with Crippen LogP contribution < -0.4 is 10.6 Å². The van der Waals surface area contributed by atoms with E-state index in [0.717, 1.165) is 19.3 Å². The van der Waals surface area contributed by atoms with Crippen LogP contribution in [0.3, 0.4) is 0 Å². The standard InChI is InChI=1S/C17H23F3N2O2/c1-16(11-23)9-4-7-14(16)22-15(24)21-13-6-3-2-5-12(13)8-10-17(18,19)20/h2-3,5-6,14,23H,4,7-11H2,1H3,(H2,21,22,24). The topological polar surface area (TPSA) is 61.4 Å². The minimum Gasteiger partial charge on any atom is -0.396 e. The molecule has 1 aliphatic rings. The minimum atomic E-state index is -4.23. The lowest BCUT2D eigenvalue weighted by molar-refractivity contribution is -0.133. The van der Waals surface area contributed by atoms with E-state index in [1.165, 1.54) is 0 Å². The lowest BCUT2D eigenvalue weighted by Crippen LogP contribution is -2.46. The Bertz CT molecular complexity index is 577. The fraction of sp³-hybridized carbons (Fsp3) is 0.588. The van der Waals surface area contributed by atoms with Crippen molar-refractivity contribution in [3.05, 3.63) is 29.8 Å². The van der Waals surface area contributed by atoms with Crippen LogP contribution in [-0.2, 0) is 6.42 Å². The van der Waals surface area contributed by atoms with Gasteiger partial charge >= 0.3 is 12.2 Å². The summed E-state index contributed by atoms with van der Waals surface area (Å²) in [6.45, 7) is 1.91. The van der Waals surface area contributed by atoms with E-state index in [1.54, 1.807) is 24.3 Å². The third-order valence-corrected chi connectivity index (χ3v) is 4.69. The predicted octanol–water partition coefficient (Wildman–Crippen LogP) is 3.85. The summed E-state index contributed by atoms with van der Waals surface area (Å²) in [5.41, 5.74) is 0.469. The first-order chi connectivity index (χ1) is 11.2. The first-order valence-corrected chi connectivity index (χ1v) is 8.06. The van der Waals surface area contributed by atoms with Crippen LogP contribution in [0, 0.1) is 5.41 Å². The Hall–Kier alpha value is -1.76. The van der Waals surface area contributed by atoms with Gasteiger partial charge in [0, 0.05) is 23.6 Å². The van der Waals surface area contributed by atoms with Crippen LogP contribution in [0.5, 0.6) is 0 Å². The highest BCUT2D eigenvalue weighted by Gasteiger charge is 2.39. The molecule has 1 saturated carbocycles. The van der Waals surface area contributed by atoms with Crippen molar-refractivity contribution in [1.82, 2.24) is 5.32 Å². The number of hydrogen-bond acceptors (Lipinski definition) is 2. The molecule has 1 aliphatic carbocycles. The predicted molar refractivity (Wildman–Crippen MR) is 85.8 cm³/mol. The quantitative estimate of drug-likeness (QED) is 0.760. The zero-order valence-electron chi connectivity index (χ0n) is 13.6. The Morgan fingerprint density at radius 3 is 2.75 bits per heavy atom. The summed E-state index contributed by atoms with van der Waals surface area (Å²) >= 11 is 0. The number of urea groups is 1. The van der Waals surface area contributed by atoms with Crippen molar-refractivity contribution < 1.29 is 23.1 Å². The normalized spacial score (nSPS) is 24.0. The zero-order valence-corrected chi connectivity index (χ0v) is 13.6. The number of anilines is 1. The van der Waals surface area contributed by atoms with Crippen LogP contribution in [0.25, 0.3) is 0 Å². The van der Waals surface area contributed by atoms with Gasteiger partial charge in [-0.3, -0.25) is 0 Å². The summed E-state index contributed by atoms with van der Waals surface area (Å²) < 4.78 is 37.2. The molecule has 1 aromatic carbocycles. The van der Waals surface area contributed by atoms with Gasteiger partial charge in [-0.2, -0.15) is 13.2 Å². The van der Waals surface area contributed by atoms with Crippen LogP contribution >= 0.6 is 0 Å². The SMILES string of the molecule is CC1(CO)CCCC1NC(=O)Nc1ccccc1CCC(F)(F)F. The van der Waals surface area contributed by atoms with E-state index in [1.807, 2.05) is 6.92 Å². The highest BCUT2D eigenvalue weighted by Crippen LogP contribution is 2.37. The fourth-order valence-corrected chi connectivity index (χ4v) is 3.12. The maximum Gasteiger partial charge on any atom is 0.389 e. The molecule has 0 heterocycles. The van der Waals surface area contributed by atoms with Crippen LogP contribution in [0.4, 0.5) is 23.7 Å². The van der Waals surface area contributed by atoms with Gasteiger partial charge in [0.15, 0.2) is 0 Å². The molecule has 2 rings (SSSR count). The number of amides is 2. The van der Waals surface area contributed by atoms with Crippen LogP contribution in [0.2, 0.25) is 0 Å². The van der Waals surface area contributed by atoms with Gasteiger partial charge in [-0.1, -0.05) is 31.5 Å². The zero-order chi connectivity index (χ0) is 17.8. The van der Waals surface area contributed by atoms with E-state index in [4.69, 9.17) is 0 Å². The van der Waals surface area contributed by atoms with Crippen LogP contribution in [-0.4, -0.2) is 30.0 Å². The van der Waals surface area contributed by atoms with Crippen molar-refractivity contribution >= 4 is 11.7 Å². The molecule has 24 heavy (non-hydrogen) atoms. The fourth-order valence-electron chi connectivity index (χ4n) is 3.12. The van der Waals surface area contributed by atoms with E-state index in [0.29, 0.717) is 11.3 Å². The molecular formula is C17H23F3N2O2. The number of carbonyl (C=O) groups is 1. The summed E-state index contributed by atoms with van der Waals surface area (Å²) in [5.74, 6) is 0. The number of rotatable bonds is 5. The van der Waals surface area contributed by atoms with Gasteiger partial charge in [0.1, 0.15) is 0 Å². The lowest BCUT2D eigenvalue weighted by Gasteiger charge is -2.30. The second-order valence-electron chi connectivity index (χ2n) is 6.63. The highest BCUT2D eigenvalue weighted by atomic mass is 19.4. The average molecular weight is 344 g/mol. The van der Waals surface area contributed by atoms with Crippen molar-refractivity contribution in [3.8, 4) is 0 Å². The second-order valence-corrected chi connectivity index (χ2v) is 6.63. The first kappa shape index (κ1) is 18.6. The Labute approximate surface area is 139 Å². The summed E-state index contributed by atoms with van der Waals surface area (Å²) in [7, 11) is 0. The van der Waals surface area contributed by atoms with Crippen LogP contribution in [0.15, 0.2) is 24.3 Å². The minimum absolute atomic E-state index is 0.0138. The molecule has 0 saturated heterocycles. The molecule has 2 atom stereocenters. The molecule has 0 bridgehead atoms. The Morgan fingerprint density at radius 2 is 2.08 bits per heavy atom. The average Bonchev–Trinajstić information content (AvgIpc) is 2.87. The Balaban J connectivity index is 1.99. The van der Waals surface area contributed by atoms with Gasteiger partial charge in [-0.15, -0.1) is 0 Å². The Morgan fingerprint density at radius 1 is 1.38 bits per heavy atom. The maximum absolute atomic E-state index is 12.4. The van der Waals surface area contributed by atoms with E-state index in [9.17, 15) is 23.1 Å². The molecule has 0 radical (unpaired) electrons. The number of aliphatic hydroxyl groups is 1. The van der Waals surface area contributed by atoms with Crippen molar-refractivity contribution in [2.75, 3.05) is 11.9 Å². The Kier molecular flexibility index (Phi) is 5.74. The van der Waals surface area contributed by atoms with Gasteiger partial charge in [0.05, 0.1) is 6.61 Å². The number of aliphatic hydroxyl groups excluding tert-OH is 1. The number of para-hydroxylation sites is 1. The number of benzene rings is 1. The summed E-state index contributed by atoms with van der Waals surface area (Å²) in [6, 6.07) is 5.88. The maximum atomic E-state index is 12.4. The van der Waals surface area contributed by atoms with Crippen LogP contribution in [0.1, 0.15) is 38.2 Å². The molecule has 2 amide bonds. The van der Waals surface area contributed by atoms with Crippen molar-refractivity contribution in [2.24, 2.45) is 5.41 Å². The number of nitrogens with one attached hydrogen (secondary N) is 2. The van der Waals surface area contributed by atoms with Crippen molar-refractivity contribution in [1.29, 1.82) is 0 Å². The number of alkyl halides is 3. The van der Waals surface area contributed by atoms with E-state index in [2.05, 4.69) is 10.6 Å². The third kappa shape index (κ3) is 4.87. The number of halogens is 3. The van der Waals surface area contributed by atoms with E-state index in [-0.39, 0.29) is 24.5 Å². The van der Waals surface area contributed by atoms with Crippen molar-refractivity contribution in [3.63, 3.8) is 0 Å². The van der Waals surface area contributed by atoms with Gasteiger partial charge in [0.2, 0.25) is 0 Å². The van der Waals surface area contributed by atoms with E-state index < -0.39 is 18.6 Å². The molecule has 1 aromatic rings. The molecule has 3 N–H and O–H groups in total. The molecule has 7 heteroatoms. The number of hydrogen-bond donors (Lipinski definition) is 3. The van der Waals surface area contributed by atoms with Gasteiger partial charge in [0.25, 0.3) is 0 Å². The molecule has 1 fully saturated rings. The molecular weight excluding hydrogens is 321 g/mol. The number of carbonyl (C=O) groups excluding carboxylic acids is 1. The molecule has 0 aromatic heterocycles. The second kappa shape index (κ2) is 7.42. The molecule has 0 spiro atoms. The highest BCUT2D eigenvalue weighted by molar-refractivity contribution is 5.90. The van der Waals surface area contributed by atoms with Gasteiger partial charge in [-0.25, -0.2) is 4.79 Å². The smallest absolute Gasteiger partial charge is 0.389 e. The molecule has 4 nitrogen and oxygen atoms in total.